The maximum atomic E-state index is 5.81. The van der Waals surface area contributed by atoms with Crippen LogP contribution >= 0.6 is 0 Å². The first-order chi connectivity index (χ1) is 9.01. The molecule has 0 saturated heterocycles. The summed E-state index contributed by atoms with van der Waals surface area (Å²) in [4.78, 5) is 0. The van der Waals surface area contributed by atoms with Crippen LogP contribution in [0.2, 0.25) is 0 Å². The van der Waals surface area contributed by atoms with Crippen molar-refractivity contribution in [2.75, 3.05) is 26.7 Å². The fourth-order valence-electron chi connectivity index (χ4n) is 2.42. The highest BCUT2D eigenvalue weighted by atomic mass is 16.5. The van der Waals surface area contributed by atoms with E-state index in [1.165, 1.54) is 18.4 Å². The summed E-state index contributed by atoms with van der Waals surface area (Å²) in [7, 11) is 1.71. The van der Waals surface area contributed by atoms with Crippen molar-refractivity contribution in [3.05, 3.63) is 29.8 Å². The van der Waals surface area contributed by atoms with Crippen molar-refractivity contribution in [1.82, 2.24) is 5.32 Å². The Bertz CT molecular complexity index is 425. The average molecular weight is 262 g/mol. The molecule has 106 valence electrons. The van der Waals surface area contributed by atoms with Crippen LogP contribution < -0.4 is 15.8 Å². The van der Waals surface area contributed by atoms with E-state index < -0.39 is 0 Å². The van der Waals surface area contributed by atoms with Crippen LogP contribution in [0.5, 0.6) is 5.75 Å². The molecule has 1 saturated carbocycles. The number of benzene rings is 1. The Balaban J connectivity index is 1.93. The van der Waals surface area contributed by atoms with E-state index in [1.54, 1.807) is 7.11 Å². The van der Waals surface area contributed by atoms with E-state index in [2.05, 4.69) is 37.4 Å². The lowest BCUT2D eigenvalue weighted by atomic mass is 9.84. The largest absolute Gasteiger partial charge is 0.497 e. The second-order valence-corrected chi connectivity index (χ2v) is 6.42. The SMILES string of the molecule is COc1cccc(C(C)(C)CNCC2(CN)CC2)c1. The van der Waals surface area contributed by atoms with Crippen LogP contribution in [0, 0.1) is 5.41 Å². The zero-order valence-electron chi connectivity index (χ0n) is 12.3. The van der Waals surface area contributed by atoms with Crippen LogP contribution in [0.15, 0.2) is 24.3 Å². The van der Waals surface area contributed by atoms with Crippen molar-refractivity contribution >= 4 is 0 Å². The third kappa shape index (κ3) is 3.48. The lowest BCUT2D eigenvalue weighted by molar-refractivity contribution is 0.400. The fourth-order valence-corrected chi connectivity index (χ4v) is 2.42. The van der Waals surface area contributed by atoms with Gasteiger partial charge in [0.1, 0.15) is 5.75 Å². The molecule has 0 spiro atoms. The van der Waals surface area contributed by atoms with Crippen molar-refractivity contribution < 1.29 is 4.74 Å². The molecular formula is C16H26N2O. The number of nitrogens with one attached hydrogen (secondary N) is 1. The molecule has 0 atom stereocenters. The molecule has 2 rings (SSSR count). The van der Waals surface area contributed by atoms with Gasteiger partial charge in [-0.25, -0.2) is 0 Å². The van der Waals surface area contributed by atoms with Gasteiger partial charge in [-0.15, -0.1) is 0 Å². The minimum Gasteiger partial charge on any atom is -0.497 e. The molecule has 1 aromatic rings. The highest BCUT2D eigenvalue weighted by Gasteiger charge is 2.40. The van der Waals surface area contributed by atoms with E-state index in [0.717, 1.165) is 25.4 Å². The van der Waals surface area contributed by atoms with Gasteiger partial charge in [0.15, 0.2) is 0 Å². The van der Waals surface area contributed by atoms with Gasteiger partial charge in [-0.3, -0.25) is 0 Å². The van der Waals surface area contributed by atoms with Gasteiger partial charge in [0.2, 0.25) is 0 Å². The number of ether oxygens (including phenoxy) is 1. The summed E-state index contributed by atoms with van der Waals surface area (Å²) in [5, 5.41) is 3.59. The van der Waals surface area contributed by atoms with Crippen molar-refractivity contribution in [3.8, 4) is 5.75 Å². The summed E-state index contributed by atoms with van der Waals surface area (Å²) in [5.74, 6) is 0.922. The van der Waals surface area contributed by atoms with Crippen molar-refractivity contribution in [2.45, 2.75) is 32.1 Å². The van der Waals surface area contributed by atoms with Crippen molar-refractivity contribution in [2.24, 2.45) is 11.1 Å². The Morgan fingerprint density at radius 1 is 1.37 bits per heavy atom. The maximum Gasteiger partial charge on any atom is 0.119 e. The third-order valence-corrected chi connectivity index (χ3v) is 4.31. The van der Waals surface area contributed by atoms with Crippen LogP contribution in [-0.4, -0.2) is 26.7 Å². The van der Waals surface area contributed by atoms with Crippen LogP contribution in [0.3, 0.4) is 0 Å². The molecule has 0 unspecified atom stereocenters. The molecule has 0 amide bonds. The monoisotopic (exact) mass is 262 g/mol. The van der Waals surface area contributed by atoms with Gasteiger partial charge in [-0.05, 0) is 42.5 Å². The number of nitrogens with two attached hydrogens (primary N) is 1. The maximum absolute atomic E-state index is 5.81. The average Bonchev–Trinajstić information content (AvgIpc) is 3.19. The molecule has 3 nitrogen and oxygen atoms in total. The number of hydrogen-bond donors (Lipinski definition) is 2. The Hall–Kier alpha value is -1.06. The number of hydrogen-bond acceptors (Lipinski definition) is 3. The second kappa shape index (κ2) is 5.51. The molecule has 3 N–H and O–H groups in total. The van der Waals surface area contributed by atoms with E-state index in [-0.39, 0.29) is 5.41 Å². The van der Waals surface area contributed by atoms with Crippen LogP contribution in [0.1, 0.15) is 32.3 Å². The summed E-state index contributed by atoms with van der Waals surface area (Å²) >= 11 is 0. The molecular weight excluding hydrogens is 236 g/mol. The summed E-state index contributed by atoms with van der Waals surface area (Å²) < 4.78 is 5.30. The first-order valence-electron chi connectivity index (χ1n) is 7.07. The van der Waals surface area contributed by atoms with E-state index in [4.69, 9.17) is 10.5 Å². The summed E-state index contributed by atoms with van der Waals surface area (Å²) in [6.45, 7) is 7.33. The molecule has 0 heterocycles. The molecule has 0 bridgehead atoms. The first kappa shape index (κ1) is 14.4. The van der Waals surface area contributed by atoms with Gasteiger partial charge in [-0.2, -0.15) is 0 Å². The lowest BCUT2D eigenvalue weighted by Gasteiger charge is -2.27. The van der Waals surface area contributed by atoms with Gasteiger partial charge in [0, 0.05) is 18.5 Å². The predicted molar refractivity (Wildman–Crippen MR) is 79.6 cm³/mol. The molecule has 19 heavy (non-hydrogen) atoms. The third-order valence-electron chi connectivity index (χ3n) is 4.31. The number of rotatable bonds is 7. The van der Waals surface area contributed by atoms with E-state index in [9.17, 15) is 0 Å². The van der Waals surface area contributed by atoms with Crippen molar-refractivity contribution in [3.63, 3.8) is 0 Å². The zero-order valence-corrected chi connectivity index (χ0v) is 12.3. The van der Waals surface area contributed by atoms with Crippen LogP contribution in [0.25, 0.3) is 0 Å². The fraction of sp³-hybridized carbons (Fsp3) is 0.625. The Morgan fingerprint density at radius 2 is 2.11 bits per heavy atom. The van der Waals surface area contributed by atoms with Gasteiger partial charge in [0.25, 0.3) is 0 Å². The smallest absolute Gasteiger partial charge is 0.119 e. The quantitative estimate of drug-likeness (QED) is 0.792. The van der Waals surface area contributed by atoms with Gasteiger partial charge in [-0.1, -0.05) is 26.0 Å². The highest BCUT2D eigenvalue weighted by Crippen LogP contribution is 2.43. The molecule has 1 aliphatic rings. The first-order valence-corrected chi connectivity index (χ1v) is 7.07. The Kier molecular flexibility index (Phi) is 4.16. The molecule has 0 radical (unpaired) electrons. The van der Waals surface area contributed by atoms with E-state index >= 15 is 0 Å². The molecule has 0 aromatic heterocycles. The summed E-state index contributed by atoms with van der Waals surface area (Å²) in [6, 6.07) is 8.33. The summed E-state index contributed by atoms with van der Waals surface area (Å²) in [5.41, 5.74) is 7.60. The lowest BCUT2D eigenvalue weighted by Crippen LogP contribution is -2.38. The Morgan fingerprint density at radius 3 is 2.68 bits per heavy atom. The van der Waals surface area contributed by atoms with Gasteiger partial charge in [0.05, 0.1) is 7.11 Å². The topological polar surface area (TPSA) is 47.3 Å². The molecule has 3 heteroatoms. The van der Waals surface area contributed by atoms with Crippen LogP contribution in [-0.2, 0) is 5.41 Å². The minimum atomic E-state index is 0.0964. The van der Waals surface area contributed by atoms with Gasteiger partial charge < -0.3 is 15.8 Å². The summed E-state index contributed by atoms with van der Waals surface area (Å²) in [6.07, 6.45) is 2.55. The van der Waals surface area contributed by atoms with E-state index in [1.807, 2.05) is 6.07 Å². The molecule has 1 aromatic carbocycles. The number of methoxy groups -OCH3 is 1. The van der Waals surface area contributed by atoms with Gasteiger partial charge >= 0.3 is 0 Å². The predicted octanol–water partition coefficient (Wildman–Crippen LogP) is 2.30. The molecule has 0 aliphatic heterocycles. The Labute approximate surface area is 116 Å². The highest BCUT2D eigenvalue weighted by molar-refractivity contribution is 5.33. The normalized spacial score (nSPS) is 17.3. The van der Waals surface area contributed by atoms with Crippen molar-refractivity contribution in [1.29, 1.82) is 0 Å². The van der Waals surface area contributed by atoms with E-state index in [0.29, 0.717) is 5.41 Å². The zero-order chi connectivity index (χ0) is 13.9. The second-order valence-electron chi connectivity index (χ2n) is 6.42. The minimum absolute atomic E-state index is 0.0964. The van der Waals surface area contributed by atoms with Crippen LogP contribution in [0.4, 0.5) is 0 Å². The molecule has 1 fully saturated rings. The molecule has 1 aliphatic carbocycles. The standard InChI is InChI=1S/C16H26N2O/c1-15(2,11-18-12-16(10-17)7-8-16)13-5-4-6-14(9-13)19-3/h4-6,9,18H,7-8,10-12,17H2,1-3H3.